The molecule has 3 aliphatic rings. The van der Waals surface area contributed by atoms with Crippen molar-refractivity contribution in [3.05, 3.63) is 101 Å². The van der Waals surface area contributed by atoms with Crippen LogP contribution >= 0.6 is 0 Å². The van der Waals surface area contributed by atoms with Gasteiger partial charge < -0.3 is 13.9 Å². The van der Waals surface area contributed by atoms with Crippen LogP contribution in [0.5, 0.6) is 0 Å². The van der Waals surface area contributed by atoms with Crippen LogP contribution in [0.4, 0.5) is 4.39 Å². The summed E-state index contributed by atoms with van der Waals surface area (Å²) < 4.78 is 30.9. The van der Waals surface area contributed by atoms with Gasteiger partial charge in [-0.05, 0) is 79.0 Å². The molecule has 5 rings (SSSR count). The summed E-state index contributed by atoms with van der Waals surface area (Å²) in [5, 5.41) is 0. The number of rotatable bonds is 10. The first-order valence-corrected chi connectivity index (χ1v) is 14.3. The van der Waals surface area contributed by atoms with Gasteiger partial charge in [-0.1, -0.05) is 49.9 Å². The summed E-state index contributed by atoms with van der Waals surface area (Å²) in [7, 11) is 0. The predicted molar refractivity (Wildman–Crippen MR) is 157 cm³/mol. The zero-order valence-electron chi connectivity index (χ0n) is 23.5. The highest BCUT2D eigenvalue weighted by Gasteiger charge is 2.30. The van der Waals surface area contributed by atoms with Crippen molar-refractivity contribution in [3.63, 3.8) is 0 Å². The molecule has 1 atom stereocenters. The zero-order valence-corrected chi connectivity index (χ0v) is 23.5. The average molecular weight is 530 g/mol. The topological polar surface area (TPSA) is 34.8 Å². The van der Waals surface area contributed by atoms with E-state index in [0.29, 0.717) is 18.8 Å². The van der Waals surface area contributed by atoms with Gasteiger partial charge in [0, 0.05) is 31.6 Å². The fourth-order valence-electron chi connectivity index (χ4n) is 5.89. The molecule has 2 aliphatic carbocycles. The number of alkyl halides is 1. The molecule has 0 spiro atoms. The zero-order chi connectivity index (χ0) is 27.4. The second kappa shape index (κ2) is 12.3. The molecule has 0 amide bonds. The molecule has 1 aromatic heterocycles. The highest BCUT2D eigenvalue weighted by Crippen LogP contribution is 2.45. The summed E-state index contributed by atoms with van der Waals surface area (Å²) in [5.41, 5.74) is 8.23. The minimum atomic E-state index is -0.264. The van der Waals surface area contributed by atoms with E-state index in [1.54, 1.807) is 0 Å². The number of aryl methyl sites for hydroxylation is 2. The number of halogens is 1. The number of benzene rings is 1. The Morgan fingerprint density at radius 1 is 1.15 bits per heavy atom. The van der Waals surface area contributed by atoms with Gasteiger partial charge in [0.25, 0.3) is 0 Å². The Morgan fingerprint density at radius 2 is 1.97 bits per heavy atom. The third kappa shape index (κ3) is 5.99. The molecule has 4 nitrogen and oxygen atoms in total. The van der Waals surface area contributed by atoms with E-state index in [4.69, 9.17) is 13.9 Å². The molecule has 1 aromatic carbocycles. The first-order valence-electron chi connectivity index (χ1n) is 14.3. The van der Waals surface area contributed by atoms with Crippen molar-refractivity contribution in [2.75, 3.05) is 32.9 Å². The lowest BCUT2D eigenvalue weighted by molar-refractivity contribution is -0.0187. The molecule has 1 aliphatic heterocycles. The number of fused-ring (bicyclic) bond motifs is 1. The normalized spacial score (nSPS) is 19.9. The van der Waals surface area contributed by atoms with Gasteiger partial charge in [-0.25, -0.2) is 0 Å². The molecule has 1 fully saturated rings. The molecule has 1 saturated heterocycles. The lowest BCUT2D eigenvalue weighted by Crippen LogP contribution is -2.52. The summed E-state index contributed by atoms with van der Waals surface area (Å²) in [6.45, 7) is 13.4. The summed E-state index contributed by atoms with van der Waals surface area (Å²) in [6, 6.07) is 8.64. The van der Waals surface area contributed by atoms with Crippen molar-refractivity contribution >= 4 is 16.9 Å². The van der Waals surface area contributed by atoms with Crippen molar-refractivity contribution in [1.29, 1.82) is 0 Å². The molecule has 2 aromatic rings. The molecule has 39 heavy (non-hydrogen) atoms. The average Bonchev–Trinajstić information content (AvgIpc) is 3.09. The van der Waals surface area contributed by atoms with Gasteiger partial charge in [0.05, 0.1) is 18.8 Å². The van der Waals surface area contributed by atoms with E-state index in [1.807, 2.05) is 13.2 Å². The summed E-state index contributed by atoms with van der Waals surface area (Å²) in [6.07, 6.45) is 14.2. The van der Waals surface area contributed by atoms with Gasteiger partial charge in [-0.2, -0.15) is 0 Å². The van der Waals surface area contributed by atoms with Gasteiger partial charge in [-0.3, -0.25) is 9.29 Å². The number of furan rings is 1. The molecule has 5 heteroatoms. The number of hydrogen-bond acceptors (Lipinski definition) is 4. The first kappa shape index (κ1) is 27.3. The van der Waals surface area contributed by atoms with Crippen molar-refractivity contribution in [2.24, 2.45) is 5.92 Å². The molecule has 0 saturated carbocycles. The van der Waals surface area contributed by atoms with Crippen LogP contribution in [-0.4, -0.2) is 43.9 Å². The maximum Gasteiger partial charge on any atom is 0.124 e. The fourth-order valence-corrected chi connectivity index (χ4v) is 5.89. The molecule has 1 unspecified atom stereocenters. The number of allylic oxidation sites excluding steroid dienone is 7. The van der Waals surface area contributed by atoms with Gasteiger partial charge in [-0.15, -0.1) is 0 Å². The molecule has 206 valence electrons. The highest BCUT2D eigenvalue weighted by atomic mass is 19.1. The quantitative estimate of drug-likeness (QED) is 0.293. The third-order valence-corrected chi connectivity index (χ3v) is 7.76. The summed E-state index contributed by atoms with van der Waals surface area (Å²) >= 11 is 0. The number of ether oxygens (including phenoxy) is 2. The molecular formula is C34H40FNO3. The predicted octanol–water partition coefficient (Wildman–Crippen LogP) is 7.92. The van der Waals surface area contributed by atoms with E-state index in [1.165, 1.54) is 22.3 Å². The Bertz CT molecular complexity index is 1320. The van der Waals surface area contributed by atoms with Gasteiger partial charge >= 0.3 is 0 Å². The Morgan fingerprint density at radius 3 is 2.74 bits per heavy atom. The van der Waals surface area contributed by atoms with Crippen molar-refractivity contribution in [2.45, 2.75) is 52.6 Å². The van der Waals surface area contributed by atoms with Crippen LogP contribution in [-0.2, 0) is 15.9 Å². The fraction of sp³-hybridized carbons (Fsp3) is 0.412. The maximum atomic E-state index is 12.5. The van der Waals surface area contributed by atoms with Crippen molar-refractivity contribution < 1.29 is 18.3 Å². The van der Waals surface area contributed by atoms with E-state index in [2.05, 4.69) is 73.9 Å². The van der Waals surface area contributed by atoms with Crippen molar-refractivity contribution in [1.82, 2.24) is 4.90 Å². The van der Waals surface area contributed by atoms with Crippen LogP contribution in [0.2, 0.25) is 0 Å². The van der Waals surface area contributed by atoms with Crippen LogP contribution in [0.1, 0.15) is 61.1 Å². The minimum absolute atomic E-state index is 0.149. The summed E-state index contributed by atoms with van der Waals surface area (Å²) in [4.78, 5) is 2.25. The Balaban J connectivity index is 1.53. The van der Waals surface area contributed by atoms with Gasteiger partial charge in [0.1, 0.15) is 29.6 Å². The number of likely N-dealkylation sites (tertiary alicyclic amines) is 1. The lowest BCUT2D eigenvalue weighted by atomic mass is 9.85. The monoisotopic (exact) mass is 529 g/mol. The second-order valence-electron chi connectivity index (χ2n) is 10.8. The second-order valence-corrected chi connectivity index (χ2v) is 10.8. The number of hydrogen-bond donors (Lipinski definition) is 0. The van der Waals surface area contributed by atoms with Crippen LogP contribution < -0.4 is 0 Å². The van der Waals surface area contributed by atoms with Crippen molar-refractivity contribution in [3.8, 4) is 0 Å². The highest BCUT2D eigenvalue weighted by molar-refractivity contribution is 6.03. The Kier molecular flexibility index (Phi) is 8.56. The molecule has 0 bridgehead atoms. The first-order chi connectivity index (χ1) is 19.0. The lowest BCUT2D eigenvalue weighted by Gasteiger charge is -2.39. The van der Waals surface area contributed by atoms with Gasteiger partial charge in [0.15, 0.2) is 0 Å². The Hall–Kier alpha value is -3.31. The van der Waals surface area contributed by atoms with Crippen LogP contribution in [0.3, 0.4) is 0 Å². The van der Waals surface area contributed by atoms with E-state index < -0.39 is 0 Å². The van der Waals surface area contributed by atoms with E-state index in [0.717, 1.165) is 67.1 Å². The van der Waals surface area contributed by atoms with E-state index in [-0.39, 0.29) is 18.7 Å². The number of nitrogens with zero attached hydrogens (tertiary/aromatic N) is 1. The Labute approximate surface area is 232 Å². The standard InChI is InChI=1S/C34H40FNO3/c1-5-37-25(4)31-22-38-32-13-8-12-30(29-11-7-6-10-24(29)3)33(34(31)32)26-14-15-27(19-23(2)18-26)39-28-20-36(21-28)17-9-16-35/h6-7,10-11,14-15,18-19,22-23,28H,4-5,8-9,12-13,16-17,20-21H2,1-3H3. The van der Waals surface area contributed by atoms with Crippen LogP contribution in [0, 0.1) is 12.8 Å². The molecular weight excluding hydrogens is 489 g/mol. The van der Waals surface area contributed by atoms with E-state index >= 15 is 0 Å². The molecule has 0 radical (unpaired) electrons. The van der Waals surface area contributed by atoms with Gasteiger partial charge in [0.2, 0.25) is 0 Å². The maximum absolute atomic E-state index is 12.5. The molecule has 0 N–H and O–H groups in total. The summed E-state index contributed by atoms with van der Waals surface area (Å²) in [5.74, 6) is 2.70. The third-order valence-electron chi connectivity index (χ3n) is 7.76. The smallest absolute Gasteiger partial charge is 0.124 e. The SMILES string of the molecule is C=C(OCC)c1coc2c1C(C1=CC(C)C=C(OC3CN(CCCF)C3)C=C1)=C(c1ccccc1C)CCC2. The molecule has 2 heterocycles. The van der Waals surface area contributed by atoms with E-state index in [9.17, 15) is 4.39 Å². The van der Waals surface area contributed by atoms with Crippen LogP contribution in [0.25, 0.3) is 16.9 Å². The van der Waals surface area contributed by atoms with Crippen LogP contribution in [0.15, 0.2) is 77.2 Å². The largest absolute Gasteiger partial charge is 0.494 e. The minimum Gasteiger partial charge on any atom is -0.494 e.